The van der Waals surface area contributed by atoms with Crippen molar-refractivity contribution in [2.24, 2.45) is 0 Å². The standard InChI is InChI=1S/C13H20N4O3S/c1-4-20-12(19)9-8-15-13(16-11(9)14)21-7-5-6-10(18)17(2)3/h8H,4-7H2,1-3H3,(H2,14,15,16). The van der Waals surface area contributed by atoms with Gasteiger partial charge in [0, 0.05) is 32.5 Å². The summed E-state index contributed by atoms with van der Waals surface area (Å²) in [7, 11) is 3.46. The Hall–Kier alpha value is -1.83. The lowest BCUT2D eigenvalue weighted by Gasteiger charge is -2.09. The van der Waals surface area contributed by atoms with Gasteiger partial charge in [-0.3, -0.25) is 4.79 Å². The van der Waals surface area contributed by atoms with Gasteiger partial charge in [0.05, 0.1) is 6.61 Å². The second kappa shape index (κ2) is 8.46. The summed E-state index contributed by atoms with van der Waals surface area (Å²) < 4.78 is 4.85. The molecule has 0 aliphatic heterocycles. The van der Waals surface area contributed by atoms with Crippen molar-refractivity contribution in [3.8, 4) is 0 Å². The van der Waals surface area contributed by atoms with E-state index >= 15 is 0 Å². The third kappa shape index (κ3) is 5.58. The number of nitrogens with two attached hydrogens (primary N) is 1. The molecule has 1 rings (SSSR count). The lowest BCUT2D eigenvalue weighted by Crippen LogP contribution is -2.21. The second-order valence-corrected chi connectivity index (χ2v) is 5.47. The van der Waals surface area contributed by atoms with Crippen molar-refractivity contribution >= 4 is 29.5 Å². The van der Waals surface area contributed by atoms with Crippen molar-refractivity contribution in [1.29, 1.82) is 0 Å². The fourth-order valence-corrected chi connectivity index (χ4v) is 2.19. The Labute approximate surface area is 128 Å². The molecular weight excluding hydrogens is 292 g/mol. The topological polar surface area (TPSA) is 98.4 Å². The van der Waals surface area contributed by atoms with Gasteiger partial charge in [0.15, 0.2) is 5.16 Å². The van der Waals surface area contributed by atoms with Gasteiger partial charge in [0.25, 0.3) is 0 Å². The molecule has 0 bridgehead atoms. The number of carbonyl (C=O) groups excluding carboxylic acids is 2. The van der Waals surface area contributed by atoms with Crippen LogP contribution in [0.25, 0.3) is 0 Å². The molecule has 0 aliphatic rings. The number of ether oxygens (including phenoxy) is 1. The predicted octanol–water partition coefficient (Wildman–Crippen LogP) is 1.20. The second-order valence-electron chi connectivity index (χ2n) is 4.41. The molecule has 1 amide bonds. The summed E-state index contributed by atoms with van der Waals surface area (Å²) >= 11 is 1.40. The molecule has 0 fully saturated rings. The first-order chi connectivity index (χ1) is 9.95. The summed E-state index contributed by atoms with van der Waals surface area (Å²) in [5.74, 6) is 0.379. The number of hydrogen-bond acceptors (Lipinski definition) is 7. The smallest absolute Gasteiger partial charge is 0.343 e. The van der Waals surface area contributed by atoms with Gasteiger partial charge in [-0.25, -0.2) is 14.8 Å². The Morgan fingerprint density at radius 2 is 2.14 bits per heavy atom. The zero-order chi connectivity index (χ0) is 15.8. The summed E-state index contributed by atoms with van der Waals surface area (Å²) in [5, 5.41) is 0.484. The number of aromatic nitrogens is 2. The highest BCUT2D eigenvalue weighted by molar-refractivity contribution is 7.99. The van der Waals surface area contributed by atoms with Crippen molar-refractivity contribution in [3.63, 3.8) is 0 Å². The molecule has 7 nitrogen and oxygen atoms in total. The number of hydrogen-bond donors (Lipinski definition) is 1. The van der Waals surface area contributed by atoms with E-state index in [1.807, 2.05) is 0 Å². The molecular formula is C13H20N4O3S. The van der Waals surface area contributed by atoms with Crippen LogP contribution in [0.1, 0.15) is 30.1 Å². The molecule has 21 heavy (non-hydrogen) atoms. The molecule has 0 unspecified atom stereocenters. The Morgan fingerprint density at radius 3 is 2.71 bits per heavy atom. The van der Waals surface area contributed by atoms with Crippen LogP contribution < -0.4 is 5.73 Å². The zero-order valence-electron chi connectivity index (χ0n) is 12.5. The van der Waals surface area contributed by atoms with Gasteiger partial charge in [-0.2, -0.15) is 0 Å². The molecule has 0 aromatic carbocycles. The van der Waals surface area contributed by atoms with Crippen LogP contribution in [0, 0.1) is 0 Å². The lowest BCUT2D eigenvalue weighted by molar-refractivity contribution is -0.128. The molecule has 8 heteroatoms. The number of nitrogen functional groups attached to an aromatic ring is 1. The summed E-state index contributed by atoms with van der Waals surface area (Å²) in [4.78, 5) is 32.6. The minimum Gasteiger partial charge on any atom is -0.462 e. The molecule has 0 atom stereocenters. The largest absolute Gasteiger partial charge is 0.462 e. The van der Waals surface area contributed by atoms with Gasteiger partial charge < -0.3 is 15.4 Å². The van der Waals surface area contributed by atoms with Gasteiger partial charge >= 0.3 is 5.97 Å². The molecule has 0 radical (unpaired) electrons. The first kappa shape index (κ1) is 17.2. The number of rotatable bonds is 7. The lowest BCUT2D eigenvalue weighted by atomic mass is 10.3. The molecule has 1 aromatic heterocycles. The van der Waals surface area contributed by atoms with Crippen molar-refractivity contribution in [1.82, 2.24) is 14.9 Å². The van der Waals surface area contributed by atoms with Crippen molar-refractivity contribution in [2.45, 2.75) is 24.9 Å². The van der Waals surface area contributed by atoms with Crippen molar-refractivity contribution in [2.75, 3.05) is 32.2 Å². The Morgan fingerprint density at radius 1 is 1.43 bits per heavy atom. The third-order valence-corrected chi connectivity index (χ3v) is 3.50. The molecule has 0 saturated heterocycles. The summed E-state index contributed by atoms with van der Waals surface area (Å²) in [5.41, 5.74) is 5.89. The Bertz CT molecular complexity index is 508. The fraction of sp³-hybridized carbons (Fsp3) is 0.538. The van der Waals surface area contributed by atoms with E-state index in [1.165, 1.54) is 18.0 Å². The summed E-state index contributed by atoms with van der Waals surface area (Å²) in [6.45, 7) is 1.99. The van der Waals surface area contributed by atoms with Crippen LogP contribution in [0.5, 0.6) is 0 Å². The van der Waals surface area contributed by atoms with E-state index in [4.69, 9.17) is 10.5 Å². The first-order valence-corrected chi connectivity index (χ1v) is 7.56. The summed E-state index contributed by atoms with van der Waals surface area (Å²) in [6, 6.07) is 0. The number of anilines is 1. The quantitative estimate of drug-likeness (QED) is 0.349. The maximum atomic E-state index is 11.5. The number of esters is 1. The SMILES string of the molecule is CCOC(=O)c1cnc(SCCCC(=O)N(C)C)nc1N. The first-order valence-electron chi connectivity index (χ1n) is 6.58. The predicted molar refractivity (Wildman–Crippen MR) is 81.1 cm³/mol. The van der Waals surface area contributed by atoms with Crippen LogP contribution in [0.15, 0.2) is 11.4 Å². The van der Waals surface area contributed by atoms with Crippen LogP contribution >= 0.6 is 11.8 Å². The molecule has 116 valence electrons. The molecule has 0 saturated carbocycles. The van der Waals surface area contributed by atoms with Crippen LogP contribution in [0.2, 0.25) is 0 Å². The number of amides is 1. The van der Waals surface area contributed by atoms with Gasteiger partial charge in [0.1, 0.15) is 11.4 Å². The van der Waals surface area contributed by atoms with Gasteiger partial charge in [-0.05, 0) is 13.3 Å². The maximum absolute atomic E-state index is 11.5. The van der Waals surface area contributed by atoms with E-state index in [9.17, 15) is 9.59 Å². The van der Waals surface area contributed by atoms with E-state index in [-0.39, 0.29) is 23.9 Å². The normalized spacial score (nSPS) is 10.2. The summed E-state index contributed by atoms with van der Waals surface area (Å²) in [6.07, 6.45) is 2.58. The van der Waals surface area contributed by atoms with Crippen molar-refractivity contribution < 1.29 is 14.3 Å². The van der Waals surface area contributed by atoms with Gasteiger partial charge in [-0.15, -0.1) is 0 Å². The Balaban J connectivity index is 2.49. The molecule has 2 N–H and O–H groups in total. The maximum Gasteiger partial charge on any atom is 0.343 e. The van der Waals surface area contributed by atoms with E-state index in [1.54, 1.807) is 25.9 Å². The van der Waals surface area contributed by atoms with Gasteiger partial charge in [-0.1, -0.05) is 11.8 Å². The van der Waals surface area contributed by atoms with E-state index in [0.29, 0.717) is 17.3 Å². The molecule has 0 spiro atoms. The van der Waals surface area contributed by atoms with E-state index < -0.39 is 5.97 Å². The zero-order valence-corrected chi connectivity index (χ0v) is 13.3. The van der Waals surface area contributed by atoms with E-state index in [2.05, 4.69) is 9.97 Å². The number of nitrogens with zero attached hydrogens (tertiary/aromatic N) is 3. The third-order valence-electron chi connectivity index (χ3n) is 2.56. The average molecular weight is 312 g/mol. The minimum absolute atomic E-state index is 0.0914. The van der Waals surface area contributed by atoms with Crippen molar-refractivity contribution in [3.05, 3.63) is 11.8 Å². The van der Waals surface area contributed by atoms with Crippen LogP contribution in [0.4, 0.5) is 5.82 Å². The van der Waals surface area contributed by atoms with E-state index in [0.717, 1.165) is 6.42 Å². The van der Waals surface area contributed by atoms with Crippen LogP contribution in [-0.4, -0.2) is 53.2 Å². The highest BCUT2D eigenvalue weighted by atomic mass is 32.2. The van der Waals surface area contributed by atoms with Gasteiger partial charge in [0.2, 0.25) is 5.91 Å². The molecule has 1 heterocycles. The van der Waals surface area contributed by atoms with Crippen LogP contribution in [0.3, 0.4) is 0 Å². The average Bonchev–Trinajstić information content (AvgIpc) is 2.43. The number of carbonyl (C=O) groups is 2. The highest BCUT2D eigenvalue weighted by Crippen LogP contribution is 2.18. The number of thioether (sulfide) groups is 1. The Kier molecular flexibility index (Phi) is 6.93. The fourth-order valence-electron chi connectivity index (χ4n) is 1.42. The molecule has 0 aliphatic carbocycles. The minimum atomic E-state index is -0.525. The monoisotopic (exact) mass is 312 g/mol. The van der Waals surface area contributed by atoms with Crippen LogP contribution in [-0.2, 0) is 9.53 Å². The molecule has 1 aromatic rings. The highest BCUT2D eigenvalue weighted by Gasteiger charge is 2.13.